The Morgan fingerprint density at radius 1 is 0.944 bits per heavy atom. The average molecular weight is 252 g/mol. The predicted molar refractivity (Wildman–Crippen MR) is 78.8 cm³/mol. The summed E-state index contributed by atoms with van der Waals surface area (Å²) in [5.74, 6) is 3.84. The average Bonchev–Trinajstić information content (AvgIpc) is 2.40. The van der Waals surface area contributed by atoms with Gasteiger partial charge in [-0.1, -0.05) is 13.8 Å². The van der Waals surface area contributed by atoms with E-state index in [4.69, 9.17) is 0 Å². The summed E-state index contributed by atoms with van der Waals surface area (Å²) in [6.07, 6.45) is 7.12. The lowest BCUT2D eigenvalue weighted by atomic mass is 9.75. The van der Waals surface area contributed by atoms with Crippen LogP contribution in [0.15, 0.2) is 0 Å². The lowest BCUT2D eigenvalue weighted by Crippen LogP contribution is -2.34. The second-order valence-electron chi connectivity index (χ2n) is 6.92. The maximum absolute atomic E-state index is 3.49. The topological polar surface area (TPSA) is 15.3 Å². The predicted octanol–water partition coefficient (Wildman–Crippen LogP) is 2.99. The molecule has 0 spiro atoms. The van der Waals surface area contributed by atoms with Crippen LogP contribution in [0.25, 0.3) is 0 Å². The van der Waals surface area contributed by atoms with Crippen LogP contribution in [0.3, 0.4) is 0 Å². The largest absolute Gasteiger partial charge is 0.317 e. The second-order valence-corrected chi connectivity index (χ2v) is 6.92. The minimum absolute atomic E-state index is 0.932. The SMILES string of the molecule is CC(CC(C)C1CCN(C)CC1)C1CCNCC1. The van der Waals surface area contributed by atoms with Gasteiger partial charge < -0.3 is 10.2 Å². The third kappa shape index (κ3) is 3.96. The molecule has 0 bridgehead atoms. The molecule has 0 amide bonds. The van der Waals surface area contributed by atoms with Gasteiger partial charge in [0, 0.05) is 0 Å². The zero-order valence-corrected chi connectivity index (χ0v) is 12.6. The van der Waals surface area contributed by atoms with E-state index >= 15 is 0 Å². The van der Waals surface area contributed by atoms with Crippen molar-refractivity contribution in [2.45, 2.75) is 46.0 Å². The number of nitrogens with zero attached hydrogens (tertiary/aromatic N) is 1. The van der Waals surface area contributed by atoms with Crippen LogP contribution in [0.2, 0.25) is 0 Å². The molecule has 1 N–H and O–H groups in total. The van der Waals surface area contributed by atoms with Crippen LogP contribution < -0.4 is 5.32 Å². The Hall–Kier alpha value is -0.0800. The molecular formula is C16H32N2. The van der Waals surface area contributed by atoms with Crippen molar-refractivity contribution in [1.82, 2.24) is 10.2 Å². The summed E-state index contributed by atoms with van der Waals surface area (Å²) >= 11 is 0. The fraction of sp³-hybridized carbons (Fsp3) is 1.00. The van der Waals surface area contributed by atoms with Crippen molar-refractivity contribution in [3.05, 3.63) is 0 Å². The fourth-order valence-electron chi connectivity index (χ4n) is 3.98. The van der Waals surface area contributed by atoms with E-state index in [0.717, 1.165) is 23.7 Å². The third-order valence-electron chi connectivity index (χ3n) is 5.50. The number of rotatable bonds is 4. The van der Waals surface area contributed by atoms with Gasteiger partial charge in [0.1, 0.15) is 0 Å². The van der Waals surface area contributed by atoms with E-state index in [0.29, 0.717) is 0 Å². The molecule has 0 aromatic heterocycles. The van der Waals surface area contributed by atoms with Gasteiger partial charge in [-0.05, 0) is 89.0 Å². The molecule has 0 aromatic carbocycles. The highest BCUT2D eigenvalue weighted by Gasteiger charge is 2.26. The summed E-state index contributed by atoms with van der Waals surface area (Å²) in [6.45, 7) is 10.1. The summed E-state index contributed by atoms with van der Waals surface area (Å²) in [5.41, 5.74) is 0. The number of hydrogen-bond acceptors (Lipinski definition) is 2. The summed E-state index contributed by atoms with van der Waals surface area (Å²) in [7, 11) is 2.26. The lowest BCUT2D eigenvalue weighted by Gasteiger charge is -2.36. The Kier molecular flexibility index (Phi) is 5.50. The van der Waals surface area contributed by atoms with Crippen molar-refractivity contribution in [2.75, 3.05) is 33.2 Å². The normalized spacial score (nSPS) is 28.2. The van der Waals surface area contributed by atoms with Gasteiger partial charge in [-0.2, -0.15) is 0 Å². The molecule has 2 nitrogen and oxygen atoms in total. The Morgan fingerprint density at radius 3 is 2.00 bits per heavy atom. The number of likely N-dealkylation sites (tertiary alicyclic amines) is 1. The molecule has 0 aromatic rings. The molecule has 2 atom stereocenters. The van der Waals surface area contributed by atoms with E-state index in [1.54, 1.807) is 0 Å². The minimum Gasteiger partial charge on any atom is -0.317 e. The van der Waals surface area contributed by atoms with Crippen molar-refractivity contribution in [2.24, 2.45) is 23.7 Å². The molecular weight excluding hydrogens is 220 g/mol. The highest BCUT2D eigenvalue weighted by Crippen LogP contribution is 2.33. The van der Waals surface area contributed by atoms with E-state index < -0.39 is 0 Å². The van der Waals surface area contributed by atoms with Crippen LogP contribution in [0.1, 0.15) is 46.0 Å². The number of nitrogens with one attached hydrogen (secondary N) is 1. The van der Waals surface area contributed by atoms with Crippen molar-refractivity contribution >= 4 is 0 Å². The standard InChI is InChI=1S/C16H32N2/c1-13(15-4-8-17-9-5-15)12-14(2)16-6-10-18(3)11-7-16/h13-17H,4-12H2,1-3H3. The molecule has 2 aliphatic heterocycles. The summed E-state index contributed by atoms with van der Waals surface area (Å²) in [5, 5.41) is 3.49. The second kappa shape index (κ2) is 6.91. The molecule has 0 radical (unpaired) electrons. The molecule has 0 aliphatic carbocycles. The summed E-state index contributed by atoms with van der Waals surface area (Å²) in [4.78, 5) is 2.49. The summed E-state index contributed by atoms with van der Waals surface area (Å²) in [6, 6.07) is 0. The zero-order valence-electron chi connectivity index (χ0n) is 12.6. The Balaban J connectivity index is 1.73. The van der Waals surface area contributed by atoms with Gasteiger partial charge in [0.05, 0.1) is 0 Å². The van der Waals surface area contributed by atoms with E-state index in [9.17, 15) is 0 Å². The first-order chi connectivity index (χ1) is 8.66. The van der Waals surface area contributed by atoms with Crippen molar-refractivity contribution in [1.29, 1.82) is 0 Å². The Morgan fingerprint density at radius 2 is 1.44 bits per heavy atom. The molecule has 2 heterocycles. The highest BCUT2D eigenvalue weighted by molar-refractivity contribution is 4.79. The highest BCUT2D eigenvalue weighted by atomic mass is 15.1. The van der Waals surface area contributed by atoms with Crippen molar-refractivity contribution in [3.63, 3.8) is 0 Å². The van der Waals surface area contributed by atoms with Gasteiger partial charge in [0.2, 0.25) is 0 Å². The van der Waals surface area contributed by atoms with Crippen LogP contribution in [0.4, 0.5) is 0 Å². The number of piperidine rings is 2. The van der Waals surface area contributed by atoms with Crippen molar-refractivity contribution < 1.29 is 0 Å². The van der Waals surface area contributed by atoms with Gasteiger partial charge >= 0.3 is 0 Å². The van der Waals surface area contributed by atoms with Crippen molar-refractivity contribution in [3.8, 4) is 0 Å². The van der Waals surface area contributed by atoms with E-state index in [-0.39, 0.29) is 0 Å². The monoisotopic (exact) mass is 252 g/mol. The number of hydrogen-bond donors (Lipinski definition) is 1. The zero-order chi connectivity index (χ0) is 13.0. The maximum Gasteiger partial charge on any atom is -0.00190 e. The van der Waals surface area contributed by atoms with Gasteiger partial charge in [-0.3, -0.25) is 0 Å². The molecule has 106 valence electrons. The molecule has 0 saturated carbocycles. The van der Waals surface area contributed by atoms with Gasteiger partial charge in [0.25, 0.3) is 0 Å². The van der Waals surface area contributed by atoms with Crippen LogP contribution in [0, 0.1) is 23.7 Å². The van der Waals surface area contributed by atoms with Gasteiger partial charge in [0.15, 0.2) is 0 Å². The first-order valence-corrected chi connectivity index (χ1v) is 8.06. The lowest BCUT2D eigenvalue weighted by molar-refractivity contribution is 0.146. The van der Waals surface area contributed by atoms with Crippen LogP contribution in [-0.2, 0) is 0 Å². The van der Waals surface area contributed by atoms with E-state index in [1.807, 2.05) is 0 Å². The molecule has 2 aliphatic rings. The first-order valence-electron chi connectivity index (χ1n) is 8.06. The smallest absolute Gasteiger partial charge is 0.00190 e. The Bertz CT molecular complexity index is 227. The first kappa shape index (κ1) is 14.3. The molecule has 2 rings (SSSR count). The third-order valence-corrected chi connectivity index (χ3v) is 5.50. The molecule has 2 fully saturated rings. The van der Waals surface area contributed by atoms with Crippen LogP contribution in [-0.4, -0.2) is 38.1 Å². The fourth-order valence-corrected chi connectivity index (χ4v) is 3.98. The maximum atomic E-state index is 3.49. The molecule has 2 saturated heterocycles. The van der Waals surface area contributed by atoms with Crippen LogP contribution >= 0.6 is 0 Å². The molecule has 2 heteroatoms. The minimum atomic E-state index is 0.932. The summed E-state index contributed by atoms with van der Waals surface area (Å²) < 4.78 is 0. The van der Waals surface area contributed by atoms with Gasteiger partial charge in [-0.15, -0.1) is 0 Å². The molecule has 18 heavy (non-hydrogen) atoms. The Labute approximate surface area is 114 Å². The van der Waals surface area contributed by atoms with Crippen LogP contribution in [0.5, 0.6) is 0 Å². The molecule has 2 unspecified atom stereocenters. The van der Waals surface area contributed by atoms with E-state index in [1.165, 1.54) is 58.3 Å². The van der Waals surface area contributed by atoms with Gasteiger partial charge in [-0.25, -0.2) is 0 Å². The van der Waals surface area contributed by atoms with E-state index in [2.05, 4.69) is 31.1 Å². The quantitative estimate of drug-likeness (QED) is 0.827.